The van der Waals surface area contributed by atoms with Gasteiger partial charge in [-0.05, 0) is 24.8 Å². The van der Waals surface area contributed by atoms with Crippen LogP contribution in [0.15, 0.2) is 6.07 Å². The van der Waals surface area contributed by atoms with Crippen LogP contribution in [0.25, 0.3) is 0 Å². The maximum atomic E-state index is 6.14. The number of rotatable bonds is 3. The highest BCUT2D eigenvalue weighted by Gasteiger charge is 2.18. The van der Waals surface area contributed by atoms with Crippen LogP contribution in [0, 0.1) is 5.92 Å². The second-order valence-corrected chi connectivity index (χ2v) is 5.68. The van der Waals surface area contributed by atoms with Crippen molar-refractivity contribution in [2.45, 2.75) is 12.8 Å². The number of anilines is 1. The van der Waals surface area contributed by atoms with Crippen LogP contribution in [0.3, 0.4) is 0 Å². The summed E-state index contributed by atoms with van der Waals surface area (Å²) in [7, 11) is 1.97. The van der Waals surface area contributed by atoms with Crippen molar-refractivity contribution in [1.82, 2.24) is 4.98 Å². The molecule has 0 amide bonds. The number of ether oxygens (including phenoxy) is 1. The van der Waals surface area contributed by atoms with Gasteiger partial charge in [-0.15, -0.1) is 0 Å². The Morgan fingerprint density at radius 2 is 1.94 bits per heavy atom. The van der Waals surface area contributed by atoms with Crippen LogP contribution in [0.4, 0.5) is 5.82 Å². The summed E-state index contributed by atoms with van der Waals surface area (Å²) in [5, 5.41) is 1.19. The highest BCUT2D eigenvalue weighted by Crippen LogP contribution is 2.31. The van der Waals surface area contributed by atoms with Gasteiger partial charge in [0.15, 0.2) is 0 Å². The van der Waals surface area contributed by atoms with E-state index in [4.69, 9.17) is 39.5 Å². The Balaban J connectivity index is 2.08. The van der Waals surface area contributed by atoms with E-state index in [1.165, 1.54) is 0 Å². The predicted molar refractivity (Wildman–Crippen MR) is 76.1 cm³/mol. The van der Waals surface area contributed by atoms with E-state index < -0.39 is 0 Å². The standard InChI is InChI=1S/C12H15Cl3N2O/c1-17(7-8-2-4-18-5-3-8)12-10(14)6-9(13)11(15)16-12/h6,8H,2-5,7H2,1H3. The Bertz CT molecular complexity index is 422. The molecular weight excluding hydrogens is 295 g/mol. The van der Waals surface area contributed by atoms with Crippen molar-refractivity contribution in [1.29, 1.82) is 0 Å². The Morgan fingerprint density at radius 3 is 2.61 bits per heavy atom. The third-order valence-electron chi connectivity index (χ3n) is 3.10. The molecule has 2 heterocycles. The third kappa shape index (κ3) is 3.41. The first-order chi connectivity index (χ1) is 8.58. The molecule has 1 aromatic rings. The summed E-state index contributed by atoms with van der Waals surface area (Å²) in [6, 6.07) is 1.63. The highest BCUT2D eigenvalue weighted by atomic mass is 35.5. The number of aromatic nitrogens is 1. The van der Waals surface area contributed by atoms with Gasteiger partial charge in [-0.2, -0.15) is 0 Å². The lowest BCUT2D eigenvalue weighted by atomic mass is 10.00. The molecule has 0 aliphatic carbocycles. The smallest absolute Gasteiger partial charge is 0.150 e. The first-order valence-corrected chi connectivity index (χ1v) is 7.01. The van der Waals surface area contributed by atoms with Crippen molar-refractivity contribution in [3.63, 3.8) is 0 Å². The molecule has 0 atom stereocenters. The Morgan fingerprint density at radius 1 is 1.28 bits per heavy atom. The summed E-state index contributed by atoms with van der Waals surface area (Å²) in [5.41, 5.74) is 0. The van der Waals surface area contributed by atoms with E-state index in [2.05, 4.69) is 4.98 Å². The lowest BCUT2D eigenvalue weighted by Gasteiger charge is -2.28. The van der Waals surface area contributed by atoms with Crippen LogP contribution < -0.4 is 4.90 Å². The molecule has 100 valence electrons. The van der Waals surface area contributed by atoms with Gasteiger partial charge >= 0.3 is 0 Å². The van der Waals surface area contributed by atoms with Gasteiger partial charge in [-0.25, -0.2) is 4.98 Å². The van der Waals surface area contributed by atoms with Gasteiger partial charge in [0.05, 0.1) is 10.0 Å². The second-order valence-electron chi connectivity index (χ2n) is 4.50. The van der Waals surface area contributed by atoms with Crippen LogP contribution in [0.1, 0.15) is 12.8 Å². The van der Waals surface area contributed by atoms with Crippen molar-refractivity contribution in [3.05, 3.63) is 21.3 Å². The fourth-order valence-electron chi connectivity index (χ4n) is 2.11. The number of hydrogen-bond donors (Lipinski definition) is 0. The van der Waals surface area contributed by atoms with E-state index in [9.17, 15) is 0 Å². The highest BCUT2D eigenvalue weighted by molar-refractivity contribution is 6.42. The quantitative estimate of drug-likeness (QED) is 0.792. The summed E-state index contributed by atoms with van der Waals surface area (Å²) in [6.07, 6.45) is 2.15. The fraction of sp³-hybridized carbons (Fsp3) is 0.583. The fourth-order valence-corrected chi connectivity index (χ4v) is 2.74. The van der Waals surface area contributed by atoms with E-state index in [0.29, 0.717) is 21.8 Å². The molecule has 6 heteroatoms. The molecule has 0 spiro atoms. The number of halogens is 3. The van der Waals surface area contributed by atoms with E-state index >= 15 is 0 Å². The molecule has 2 rings (SSSR count). The Labute approximate surface area is 122 Å². The van der Waals surface area contributed by atoms with Crippen LogP contribution >= 0.6 is 34.8 Å². The molecule has 0 N–H and O–H groups in total. The summed E-state index contributed by atoms with van der Waals surface area (Å²) in [5.74, 6) is 1.29. The molecule has 0 aromatic carbocycles. The average molecular weight is 310 g/mol. The Kier molecular flexibility index (Phi) is 4.96. The zero-order valence-electron chi connectivity index (χ0n) is 10.1. The van der Waals surface area contributed by atoms with Crippen LogP contribution in [0.2, 0.25) is 15.2 Å². The van der Waals surface area contributed by atoms with Crippen molar-refractivity contribution in [3.8, 4) is 0 Å². The van der Waals surface area contributed by atoms with Gasteiger partial charge in [0, 0.05) is 26.8 Å². The van der Waals surface area contributed by atoms with E-state index in [0.717, 1.165) is 32.6 Å². The van der Waals surface area contributed by atoms with Crippen molar-refractivity contribution in [2.24, 2.45) is 5.92 Å². The Hall–Kier alpha value is -0.220. The van der Waals surface area contributed by atoms with E-state index in [1.54, 1.807) is 6.07 Å². The molecule has 1 aliphatic rings. The lowest BCUT2D eigenvalue weighted by Crippen LogP contribution is -2.30. The summed E-state index contributed by atoms with van der Waals surface area (Å²) in [6.45, 7) is 2.57. The molecule has 0 unspecified atom stereocenters. The van der Waals surface area contributed by atoms with Gasteiger partial charge in [0.2, 0.25) is 0 Å². The van der Waals surface area contributed by atoms with Crippen LogP contribution in [-0.2, 0) is 4.74 Å². The summed E-state index contributed by atoms with van der Waals surface area (Å²) in [4.78, 5) is 6.26. The van der Waals surface area contributed by atoms with Gasteiger partial charge < -0.3 is 9.64 Å². The topological polar surface area (TPSA) is 25.4 Å². The average Bonchev–Trinajstić information content (AvgIpc) is 2.35. The van der Waals surface area contributed by atoms with E-state index in [1.807, 2.05) is 11.9 Å². The maximum Gasteiger partial charge on any atom is 0.150 e. The van der Waals surface area contributed by atoms with Crippen molar-refractivity contribution < 1.29 is 4.74 Å². The molecule has 0 bridgehead atoms. The molecule has 1 aromatic heterocycles. The summed E-state index contributed by atoms with van der Waals surface area (Å²) >= 11 is 17.9. The zero-order valence-corrected chi connectivity index (χ0v) is 12.4. The minimum absolute atomic E-state index is 0.287. The van der Waals surface area contributed by atoms with Crippen molar-refractivity contribution in [2.75, 3.05) is 31.7 Å². The third-order valence-corrected chi connectivity index (χ3v) is 4.05. The first kappa shape index (κ1) is 14.2. The molecule has 0 radical (unpaired) electrons. The van der Waals surface area contributed by atoms with Crippen LogP contribution in [-0.4, -0.2) is 31.8 Å². The largest absolute Gasteiger partial charge is 0.381 e. The predicted octanol–water partition coefficient (Wildman–Crippen LogP) is 3.90. The minimum atomic E-state index is 0.287. The molecule has 3 nitrogen and oxygen atoms in total. The van der Waals surface area contributed by atoms with Crippen molar-refractivity contribution >= 4 is 40.6 Å². The first-order valence-electron chi connectivity index (χ1n) is 5.88. The molecule has 18 heavy (non-hydrogen) atoms. The maximum absolute atomic E-state index is 6.14. The van der Waals surface area contributed by atoms with Gasteiger partial charge in [0.25, 0.3) is 0 Å². The van der Waals surface area contributed by atoms with Gasteiger partial charge in [-0.3, -0.25) is 0 Å². The molecule has 0 saturated carbocycles. The number of nitrogens with zero attached hydrogens (tertiary/aromatic N) is 2. The van der Waals surface area contributed by atoms with Crippen LogP contribution in [0.5, 0.6) is 0 Å². The molecule has 1 saturated heterocycles. The lowest BCUT2D eigenvalue weighted by molar-refractivity contribution is 0.0685. The zero-order chi connectivity index (χ0) is 13.1. The second kappa shape index (κ2) is 6.29. The molecule has 1 fully saturated rings. The van der Waals surface area contributed by atoms with Gasteiger partial charge in [0.1, 0.15) is 11.0 Å². The number of hydrogen-bond acceptors (Lipinski definition) is 3. The monoisotopic (exact) mass is 308 g/mol. The SMILES string of the molecule is CN(CC1CCOCC1)c1nc(Cl)c(Cl)cc1Cl. The van der Waals surface area contributed by atoms with E-state index in [-0.39, 0.29) is 5.15 Å². The number of pyridine rings is 1. The van der Waals surface area contributed by atoms with Gasteiger partial charge in [-0.1, -0.05) is 34.8 Å². The normalized spacial score (nSPS) is 16.9. The molecule has 1 aliphatic heterocycles. The summed E-state index contributed by atoms with van der Waals surface area (Å²) < 4.78 is 5.35. The molecular formula is C12H15Cl3N2O. The minimum Gasteiger partial charge on any atom is -0.381 e.